The first kappa shape index (κ1) is 11.1. The molecular formula is C12H21NO2. The van der Waals surface area contributed by atoms with E-state index in [0.717, 1.165) is 31.9 Å². The molecule has 1 heterocycles. The number of ketones is 1. The maximum Gasteiger partial charge on any atom is 0.146 e. The number of carbonyl (C=O) groups is 1. The molecule has 0 aromatic rings. The smallest absolute Gasteiger partial charge is 0.146 e. The summed E-state index contributed by atoms with van der Waals surface area (Å²) in [5.41, 5.74) is 0. The highest BCUT2D eigenvalue weighted by atomic mass is 16.5. The van der Waals surface area contributed by atoms with Crippen LogP contribution in [0.3, 0.4) is 0 Å². The lowest BCUT2D eigenvalue weighted by atomic mass is 10.1. The van der Waals surface area contributed by atoms with Crippen molar-refractivity contribution in [1.29, 1.82) is 0 Å². The molecule has 3 nitrogen and oxygen atoms in total. The van der Waals surface area contributed by atoms with Crippen LogP contribution >= 0.6 is 0 Å². The van der Waals surface area contributed by atoms with E-state index in [2.05, 4.69) is 5.32 Å². The zero-order valence-corrected chi connectivity index (χ0v) is 9.34. The van der Waals surface area contributed by atoms with Crippen LogP contribution in [0, 0.1) is 5.92 Å². The molecule has 1 unspecified atom stereocenters. The van der Waals surface area contributed by atoms with Crippen LogP contribution in [0.4, 0.5) is 0 Å². The molecule has 3 heteroatoms. The molecule has 1 saturated carbocycles. The molecule has 1 aliphatic carbocycles. The average Bonchev–Trinajstić information content (AvgIpc) is 2.91. The molecule has 0 radical (unpaired) electrons. The summed E-state index contributed by atoms with van der Waals surface area (Å²) in [7, 11) is 0. The molecule has 0 aromatic heterocycles. The summed E-state index contributed by atoms with van der Waals surface area (Å²) in [6, 6.07) is 0. The lowest BCUT2D eigenvalue weighted by molar-refractivity contribution is -0.118. The number of Topliss-reactive ketones (excluding diaryl/α,β-unsaturated/α-hetero) is 1. The maximum atomic E-state index is 11.5. The molecule has 2 rings (SSSR count). The van der Waals surface area contributed by atoms with Gasteiger partial charge in [0.25, 0.3) is 0 Å². The third-order valence-electron chi connectivity index (χ3n) is 3.22. The van der Waals surface area contributed by atoms with E-state index in [1.54, 1.807) is 0 Å². The first-order chi connectivity index (χ1) is 7.34. The number of carbonyl (C=O) groups excluding carboxylic acids is 1. The Morgan fingerprint density at radius 2 is 2.20 bits per heavy atom. The van der Waals surface area contributed by atoms with Gasteiger partial charge in [-0.2, -0.15) is 0 Å². The second-order valence-corrected chi connectivity index (χ2v) is 4.79. The molecular weight excluding hydrogens is 190 g/mol. The Morgan fingerprint density at radius 3 is 2.87 bits per heavy atom. The van der Waals surface area contributed by atoms with Crippen molar-refractivity contribution in [2.75, 3.05) is 19.7 Å². The van der Waals surface area contributed by atoms with Crippen LogP contribution in [-0.2, 0) is 9.53 Å². The fourth-order valence-electron chi connectivity index (χ4n) is 2.02. The van der Waals surface area contributed by atoms with Crippen molar-refractivity contribution in [3.05, 3.63) is 0 Å². The molecule has 1 atom stereocenters. The van der Waals surface area contributed by atoms with Gasteiger partial charge in [-0.25, -0.2) is 0 Å². The normalized spacial score (nSPS) is 25.7. The predicted octanol–water partition coefficient (Wildman–Crippen LogP) is 1.51. The highest BCUT2D eigenvalue weighted by Crippen LogP contribution is 2.27. The minimum Gasteiger partial charge on any atom is -0.378 e. The Kier molecular flexibility index (Phi) is 4.15. The van der Waals surface area contributed by atoms with Crippen LogP contribution in [0.2, 0.25) is 0 Å². The average molecular weight is 211 g/mol. The van der Waals surface area contributed by atoms with Gasteiger partial charge in [-0.15, -0.1) is 0 Å². The van der Waals surface area contributed by atoms with Crippen LogP contribution < -0.4 is 5.32 Å². The van der Waals surface area contributed by atoms with Crippen molar-refractivity contribution in [3.63, 3.8) is 0 Å². The maximum absolute atomic E-state index is 11.5. The highest BCUT2D eigenvalue weighted by molar-refractivity contribution is 5.80. The molecule has 86 valence electrons. The minimum atomic E-state index is 0.339. The van der Waals surface area contributed by atoms with E-state index in [1.165, 1.54) is 19.3 Å². The van der Waals surface area contributed by atoms with E-state index in [9.17, 15) is 4.79 Å². The van der Waals surface area contributed by atoms with Crippen LogP contribution in [0.15, 0.2) is 0 Å². The van der Waals surface area contributed by atoms with Crippen LogP contribution in [0.25, 0.3) is 0 Å². The Bertz CT molecular complexity index is 208. The van der Waals surface area contributed by atoms with Crippen LogP contribution in [-0.4, -0.2) is 31.6 Å². The van der Waals surface area contributed by atoms with Crippen molar-refractivity contribution in [3.8, 4) is 0 Å². The van der Waals surface area contributed by atoms with Crippen molar-refractivity contribution < 1.29 is 9.53 Å². The fourth-order valence-corrected chi connectivity index (χ4v) is 2.02. The van der Waals surface area contributed by atoms with Gasteiger partial charge < -0.3 is 10.1 Å². The zero-order valence-electron chi connectivity index (χ0n) is 9.34. The first-order valence-electron chi connectivity index (χ1n) is 6.18. The van der Waals surface area contributed by atoms with E-state index in [1.807, 2.05) is 0 Å². The number of hydrogen-bond acceptors (Lipinski definition) is 3. The molecule has 15 heavy (non-hydrogen) atoms. The van der Waals surface area contributed by atoms with Gasteiger partial charge in [0.2, 0.25) is 0 Å². The second-order valence-electron chi connectivity index (χ2n) is 4.79. The van der Waals surface area contributed by atoms with E-state index in [4.69, 9.17) is 4.74 Å². The van der Waals surface area contributed by atoms with Gasteiger partial charge in [0.1, 0.15) is 5.78 Å². The third-order valence-corrected chi connectivity index (χ3v) is 3.22. The Morgan fingerprint density at radius 1 is 1.33 bits per heavy atom. The molecule has 2 aliphatic rings. The molecule has 1 N–H and O–H groups in total. The first-order valence-corrected chi connectivity index (χ1v) is 6.18. The van der Waals surface area contributed by atoms with E-state index in [-0.39, 0.29) is 0 Å². The Hall–Kier alpha value is -0.410. The van der Waals surface area contributed by atoms with E-state index >= 15 is 0 Å². The molecule has 1 saturated heterocycles. The monoisotopic (exact) mass is 211 g/mol. The number of nitrogens with one attached hydrogen (secondary N) is 1. The van der Waals surface area contributed by atoms with Gasteiger partial charge in [0, 0.05) is 13.0 Å². The zero-order chi connectivity index (χ0) is 10.5. The summed E-state index contributed by atoms with van der Waals surface area (Å²) < 4.78 is 5.48. The summed E-state index contributed by atoms with van der Waals surface area (Å²) in [6.45, 7) is 2.48. The van der Waals surface area contributed by atoms with Gasteiger partial charge in [-0.05, 0) is 44.6 Å². The fraction of sp³-hybridized carbons (Fsp3) is 0.917. The van der Waals surface area contributed by atoms with Gasteiger partial charge in [0.15, 0.2) is 0 Å². The third kappa shape index (κ3) is 4.31. The van der Waals surface area contributed by atoms with Crippen LogP contribution in [0.1, 0.15) is 38.5 Å². The van der Waals surface area contributed by atoms with E-state index < -0.39 is 0 Å². The Labute approximate surface area is 91.6 Å². The topological polar surface area (TPSA) is 38.3 Å². The van der Waals surface area contributed by atoms with Crippen molar-refractivity contribution in [1.82, 2.24) is 5.32 Å². The number of hydrogen-bond donors (Lipinski definition) is 1. The SMILES string of the molecule is O=C(CCC1CCCO1)CNCC1CC1. The largest absolute Gasteiger partial charge is 0.378 e. The molecule has 1 aliphatic heterocycles. The molecule has 0 amide bonds. The van der Waals surface area contributed by atoms with Gasteiger partial charge in [-0.1, -0.05) is 0 Å². The summed E-state index contributed by atoms with van der Waals surface area (Å²) in [5.74, 6) is 1.20. The summed E-state index contributed by atoms with van der Waals surface area (Å²) in [5, 5.41) is 3.23. The predicted molar refractivity (Wildman–Crippen MR) is 58.8 cm³/mol. The standard InChI is InChI=1S/C12H21NO2/c14-11(9-13-8-10-3-4-10)5-6-12-2-1-7-15-12/h10,12-13H,1-9H2. The molecule has 2 fully saturated rings. The second kappa shape index (κ2) is 5.61. The molecule has 0 spiro atoms. The lowest BCUT2D eigenvalue weighted by Crippen LogP contribution is -2.25. The molecule has 0 bridgehead atoms. The van der Waals surface area contributed by atoms with Crippen molar-refractivity contribution in [2.24, 2.45) is 5.92 Å². The summed E-state index contributed by atoms with van der Waals surface area (Å²) in [6.07, 6.45) is 6.96. The summed E-state index contributed by atoms with van der Waals surface area (Å²) >= 11 is 0. The van der Waals surface area contributed by atoms with Gasteiger partial charge in [0.05, 0.1) is 12.6 Å². The summed E-state index contributed by atoms with van der Waals surface area (Å²) in [4.78, 5) is 11.5. The minimum absolute atomic E-state index is 0.339. The molecule has 0 aromatic carbocycles. The van der Waals surface area contributed by atoms with Gasteiger partial charge >= 0.3 is 0 Å². The highest BCUT2D eigenvalue weighted by Gasteiger charge is 2.21. The van der Waals surface area contributed by atoms with Crippen molar-refractivity contribution >= 4 is 5.78 Å². The van der Waals surface area contributed by atoms with Crippen molar-refractivity contribution in [2.45, 2.75) is 44.6 Å². The van der Waals surface area contributed by atoms with Gasteiger partial charge in [-0.3, -0.25) is 4.79 Å². The quantitative estimate of drug-likeness (QED) is 0.694. The van der Waals surface area contributed by atoms with E-state index in [0.29, 0.717) is 24.9 Å². The Balaban J connectivity index is 1.47. The van der Waals surface area contributed by atoms with Crippen LogP contribution in [0.5, 0.6) is 0 Å². The number of rotatable bonds is 7. The lowest BCUT2D eigenvalue weighted by Gasteiger charge is -2.08. The number of ether oxygens (including phenoxy) is 1.